The third-order valence-electron chi connectivity index (χ3n) is 5.47. The zero-order chi connectivity index (χ0) is 21.6. The number of hydrogen-bond donors (Lipinski definition) is 0. The Morgan fingerprint density at radius 2 is 1.42 bits per heavy atom. The molecule has 0 spiro atoms. The monoisotopic (exact) mass is 410 g/mol. The van der Waals surface area contributed by atoms with Gasteiger partial charge in [-0.1, -0.05) is 72.8 Å². The highest BCUT2D eigenvalue weighted by atomic mass is 16.5. The first-order chi connectivity index (χ1) is 15.1. The highest BCUT2D eigenvalue weighted by Crippen LogP contribution is 2.29. The van der Waals surface area contributed by atoms with E-state index in [1.54, 1.807) is 4.57 Å². The van der Waals surface area contributed by atoms with Crippen molar-refractivity contribution in [1.29, 1.82) is 0 Å². The first-order valence-corrected chi connectivity index (χ1v) is 10.5. The van der Waals surface area contributed by atoms with Gasteiger partial charge in [-0.2, -0.15) is 0 Å². The first-order valence-electron chi connectivity index (χ1n) is 10.5. The maximum Gasteiger partial charge on any atom is 0.256 e. The molecule has 0 amide bonds. The van der Waals surface area contributed by atoms with E-state index in [-0.39, 0.29) is 5.56 Å². The molecule has 0 saturated heterocycles. The van der Waals surface area contributed by atoms with Crippen LogP contribution in [-0.2, 0) is 19.6 Å². The topological polar surface area (TPSA) is 44.1 Å². The van der Waals surface area contributed by atoms with Gasteiger partial charge in [0.25, 0.3) is 5.56 Å². The molecule has 0 radical (unpaired) electrons. The molecule has 0 bridgehead atoms. The van der Waals surface area contributed by atoms with Crippen molar-refractivity contribution in [2.45, 2.75) is 33.4 Å². The average molecular weight is 411 g/mol. The maximum atomic E-state index is 13.2. The van der Waals surface area contributed by atoms with Gasteiger partial charge >= 0.3 is 0 Å². The highest BCUT2D eigenvalue weighted by molar-refractivity contribution is 5.64. The van der Waals surface area contributed by atoms with Gasteiger partial charge in [0.05, 0.1) is 5.56 Å². The van der Waals surface area contributed by atoms with Crippen molar-refractivity contribution >= 4 is 0 Å². The smallest absolute Gasteiger partial charge is 0.256 e. The molecule has 4 rings (SSSR count). The standard InChI is InChI=1S/C27H26N2O2/c1-20-21(2)28-26(29(27(20)30)18-17-22-11-5-3-6-12-22)24-15-9-10-16-25(24)31-19-23-13-7-4-8-14-23/h3-16H,17-19H2,1-2H3. The van der Waals surface area contributed by atoms with Crippen LogP contribution in [0.2, 0.25) is 0 Å². The van der Waals surface area contributed by atoms with Crippen LogP contribution < -0.4 is 10.3 Å². The van der Waals surface area contributed by atoms with Crippen LogP contribution in [0.1, 0.15) is 22.4 Å². The number of para-hydroxylation sites is 1. The molecule has 4 heteroatoms. The van der Waals surface area contributed by atoms with E-state index in [1.165, 1.54) is 5.56 Å². The lowest BCUT2D eigenvalue weighted by molar-refractivity contribution is 0.307. The summed E-state index contributed by atoms with van der Waals surface area (Å²) in [7, 11) is 0. The molecule has 156 valence electrons. The molecule has 4 aromatic rings. The zero-order valence-electron chi connectivity index (χ0n) is 17.9. The quantitative estimate of drug-likeness (QED) is 0.413. The van der Waals surface area contributed by atoms with Gasteiger partial charge in [0.1, 0.15) is 18.2 Å². The molecule has 0 fully saturated rings. The van der Waals surface area contributed by atoms with E-state index in [2.05, 4.69) is 12.1 Å². The van der Waals surface area contributed by atoms with Gasteiger partial charge in [0.15, 0.2) is 0 Å². The lowest BCUT2D eigenvalue weighted by atomic mass is 10.1. The van der Waals surface area contributed by atoms with Gasteiger partial charge < -0.3 is 4.74 Å². The van der Waals surface area contributed by atoms with Crippen molar-refractivity contribution in [2.24, 2.45) is 0 Å². The second kappa shape index (κ2) is 9.43. The van der Waals surface area contributed by atoms with Crippen LogP contribution in [-0.4, -0.2) is 9.55 Å². The summed E-state index contributed by atoms with van der Waals surface area (Å²) in [5.74, 6) is 1.36. The Hall–Kier alpha value is -3.66. The van der Waals surface area contributed by atoms with E-state index in [0.29, 0.717) is 24.5 Å². The third-order valence-corrected chi connectivity index (χ3v) is 5.47. The Bertz CT molecular complexity index is 1220. The third kappa shape index (κ3) is 4.75. The van der Waals surface area contributed by atoms with Crippen LogP contribution in [0.3, 0.4) is 0 Å². The molecule has 4 nitrogen and oxygen atoms in total. The van der Waals surface area contributed by atoms with Crippen LogP contribution in [0.5, 0.6) is 5.75 Å². The summed E-state index contributed by atoms with van der Waals surface area (Å²) in [6.07, 6.45) is 0.755. The van der Waals surface area contributed by atoms with Crippen LogP contribution >= 0.6 is 0 Å². The Labute approximate surface area is 182 Å². The van der Waals surface area contributed by atoms with Gasteiger partial charge in [0.2, 0.25) is 0 Å². The fraction of sp³-hybridized carbons (Fsp3) is 0.185. The average Bonchev–Trinajstić information content (AvgIpc) is 2.82. The molecule has 31 heavy (non-hydrogen) atoms. The molecule has 0 saturated carbocycles. The van der Waals surface area contributed by atoms with Gasteiger partial charge in [-0.05, 0) is 43.5 Å². The summed E-state index contributed by atoms with van der Waals surface area (Å²) in [5, 5.41) is 0. The minimum Gasteiger partial charge on any atom is -0.488 e. The predicted molar refractivity (Wildman–Crippen MR) is 124 cm³/mol. The first kappa shape index (κ1) is 20.6. The number of ether oxygens (including phenoxy) is 1. The minimum absolute atomic E-state index is 0.00343. The molecule has 0 unspecified atom stereocenters. The number of rotatable bonds is 7. The summed E-state index contributed by atoms with van der Waals surface area (Å²) < 4.78 is 7.93. The van der Waals surface area contributed by atoms with E-state index >= 15 is 0 Å². The maximum absolute atomic E-state index is 13.2. The van der Waals surface area contributed by atoms with E-state index in [1.807, 2.05) is 86.6 Å². The van der Waals surface area contributed by atoms with Crippen molar-refractivity contribution < 1.29 is 4.74 Å². The molecule has 0 N–H and O–H groups in total. The normalized spacial score (nSPS) is 10.8. The molecule has 3 aromatic carbocycles. The van der Waals surface area contributed by atoms with E-state index < -0.39 is 0 Å². The number of aromatic nitrogens is 2. The van der Waals surface area contributed by atoms with Gasteiger partial charge in [-0.3, -0.25) is 9.36 Å². The number of hydrogen-bond acceptors (Lipinski definition) is 3. The molecular formula is C27H26N2O2. The van der Waals surface area contributed by atoms with Crippen LogP contribution in [0.15, 0.2) is 89.7 Å². The summed E-state index contributed by atoms with van der Waals surface area (Å²) in [6, 6.07) is 28.0. The Balaban J connectivity index is 1.71. The summed E-state index contributed by atoms with van der Waals surface area (Å²) in [6.45, 7) is 4.73. The minimum atomic E-state index is -0.00343. The Morgan fingerprint density at radius 1 is 0.806 bits per heavy atom. The van der Waals surface area contributed by atoms with E-state index in [0.717, 1.165) is 29.0 Å². The van der Waals surface area contributed by atoms with Gasteiger partial charge in [-0.25, -0.2) is 4.98 Å². The van der Waals surface area contributed by atoms with Crippen molar-refractivity contribution in [3.05, 3.63) is 118 Å². The van der Waals surface area contributed by atoms with Crippen molar-refractivity contribution in [1.82, 2.24) is 9.55 Å². The molecule has 0 aliphatic carbocycles. The van der Waals surface area contributed by atoms with Crippen LogP contribution in [0.25, 0.3) is 11.4 Å². The molecule has 1 heterocycles. The fourth-order valence-electron chi connectivity index (χ4n) is 3.57. The largest absolute Gasteiger partial charge is 0.488 e. The number of aryl methyl sites for hydroxylation is 2. The van der Waals surface area contributed by atoms with Crippen molar-refractivity contribution in [3.8, 4) is 17.1 Å². The second-order valence-electron chi connectivity index (χ2n) is 7.61. The van der Waals surface area contributed by atoms with Crippen LogP contribution in [0.4, 0.5) is 0 Å². The second-order valence-corrected chi connectivity index (χ2v) is 7.61. The van der Waals surface area contributed by atoms with Crippen molar-refractivity contribution in [2.75, 3.05) is 0 Å². The summed E-state index contributed by atoms with van der Waals surface area (Å²) in [4.78, 5) is 18.0. The molecule has 0 aliphatic rings. The van der Waals surface area contributed by atoms with Crippen LogP contribution in [0, 0.1) is 13.8 Å². The van der Waals surface area contributed by atoms with Crippen molar-refractivity contribution in [3.63, 3.8) is 0 Å². The zero-order valence-corrected chi connectivity index (χ0v) is 17.9. The Morgan fingerprint density at radius 3 is 2.13 bits per heavy atom. The molecule has 0 aliphatic heterocycles. The van der Waals surface area contributed by atoms with Gasteiger partial charge in [-0.15, -0.1) is 0 Å². The Kier molecular flexibility index (Phi) is 6.27. The molecular weight excluding hydrogens is 384 g/mol. The fourth-order valence-corrected chi connectivity index (χ4v) is 3.57. The summed E-state index contributed by atoms with van der Waals surface area (Å²) >= 11 is 0. The van der Waals surface area contributed by atoms with E-state index in [4.69, 9.17) is 9.72 Å². The number of benzene rings is 3. The van der Waals surface area contributed by atoms with E-state index in [9.17, 15) is 4.79 Å². The lowest BCUT2D eigenvalue weighted by Gasteiger charge is -2.17. The number of nitrogens with zero attached hydrogens (tertiary/aromatic N) is 2. The summed E-state index contributed by atoms with van der Waals surface area (Å²) in [5.41, 5.74) is 4.52. The predicted octanol–water partition coefficient (Wildman–Crippen LogP) is 5.35. The molecule has 1 aromatic heterocycles. The van der Waals surface area contributed by atoms with Gasteiger partial charge in [0, 0.05) is 17.8 Å². The SMILES string of the molecule is Cc1nc(-c2ccccc2OCc2ccccc2)n(CCc2ccccc2)c(=O)c1C. The lowest BCUT2D eigenvalue weighted by Crippen LogP contribution is -2.27. The molecule has 0 atom stereocenters. The highest BCUT2D eigenvalue weighted by Gasteiger charge is 2.16.